The average molecular weight is 284 g/mol. The van der Waals surface area contributed by atoms with Crippen LogP contribution < -0.4 is 0 Å². The topological polar surface area (TPSA) is 40.6 Å². The highest BCUT2D eigenvalue weighted by atomic mass is 16.2. The van der Waals surface area contributed by atoms with Crippen molar-refractivity contribution in [2.24, 2.45) is 0 Å². The van der Waals surface area contributed by atoms with Crippen LogP contribution in [0.25, 0.3) is 11.3 Å². The Hall–Kier alpha value is -2.36. The van der Waals surface area contributed by atoms with Crippen LogP contribution in [0.15, 0.2) is 36.5 Å². The van der Waals surface area contributed by atoms with E-state index >= 15 is 0 Å². The third-order valence-electron chi connectivity index (χ3n) is 3.51. The standard InChI is InChI=1S/C17H20N2O2/c1-5-13-11-19(12(2)20)16(10-17(21)18(3)4)15-9-7-6-8-14(13)15/h6-11H,5H2,1-4H3/b16-10-. The zero-order chi connectivity index (χ0) is 15.6. The molecule has 21 heavy (non-hydrogen) atoms. The smallest absolute Gasteiger partial charge is 0.248 e. The van der Waals surface area contributed by atoms with E-state index in [1.807, 2.05) is 30.5 Å². The molecule has 0 N–H and O–H groups in total. The van der Waals surface area contributed by atoms with Gasteiger partial charge in [-0.1, -0.05) is 31.2 Å². The first-order chi connectivity index (χ1) is 9.95. The number of hydrogen-bond acceptors (Lipinski definition) is 2. The van der Waals surface area contributed by atoms with E-state index in [0.29, 0.717) is 5.70 Å². The number of carbonyl (C=O) groups excluding carboxylic acids is 2. The lowest BCUT2D eigenvalue weighted by molar-refractivity contribution is -0.123. The van der Waals surface area contributed by atoms with Crippen molar-refractivity contribution in [2.45, 2.75) is 20.3 Å². The fraction of sp³-hybridized carbons (Fsp3) is 0.294. The second-order valence-corrected chi connectivity index (χ2v) is 5.20. The summed E-state index contributed by atoms with van der Waals surface area (Å²) in [6, 6.07) is 7.86. The van der Waals surface area contributed by atoms with Gasteiger partial charge in [-0.3, -0.25) is 14.5 Å². The van der Waals surface area contributed by atoms with Crippen LogP contribution in [0.3, 0.4) is 0 Å². The maximum Gasteiger partial charge on any atom is 0.248 e. The zero-order valence-corrected chi connectivity index (χ0v) is 12.9. The summed E-state index contributed by atoms with van der Waals surface area (Å²) >= 11 is 0. The van der Waals surface area contributed by atoms with Crippen LogP contribution in [-0.4, -0.2) is 35.7 Å². The highest BCUT2D eigenvalue weighted by Crippen LogP contribution is 2.35. The number of allylic oxidation sites excluding steroid dienone is 1. The molecule has 1 aliphatic rings. The number of benzene rings is 1. The third kappa shape index (κ3) is 2.89. The van der Waals surface area contributed by atoms with Gasteiger partial charge in [0.05, 0.1) is 5.70 Å². The van der Waals surface area contributed by atoms with Crippen molar-refractivity contribution in [3.05, 3.63) is 47.7 Å². The molecular formula is C17H20N2O2. The molecule has 1 aromatic rings. The van der Waals surface area contributed by atoms with E-state index in [-0.39, 0.29) is 11.8 Å². The van der Waals surface area contributed by atoms with Gasteiger partial charge in [-0.15, -0.1) is 0 Å². The number of hydrogen-bond donors (Lipinski definition) is 0. The first-order valence-corrected chi connectivity index (χ1v) is 6.99. The van der Waals surface area contributed by atoms with Gasteiger partial charge in [0, 0.05) is 38.9 Å². The molecule has 2 amide bonds. The van der Waals surface area contributed by atoms with E-state index in [1.165, 1.54) is 17.9 Å². The molecule has 110 valence electrons. The van der Waals surface area contributed by atoms with Gasteiger partial charge in [-0.25, -0.2) is 0 Å². The summed E-state index contributed by atoms with van der Waals surface area (Å²) in [4.78, 5) is 27.0. The molecule has 1 heterocycles. The van der Waals surface area contributed by atoms with Gasteiger partial charge in [-0.05, 0) is 17.6 Å². The maximum absolute atomic E-state index is 12.0. The Bertz CT molecular complexity index is 642. The predicted molar refractivity (Wildman–Crippen MR) is 83.9 cm³/mol. The molecule has 0 radical (unpaired) electrons. The lowest BCUT2D eigenvalue weighted by Crippen LogP contribution is -2.28. The molecule has 0 aromatic heterocycles. The van der Waals surface area contributed by atoms with Gasteiger partial charge in [0.2, 0.25) is 11.8 Å². The number of likely N-dealkylation sites (N-methyl/N-ethyl adjacent to an activating group) is 1. The summed E-state index contributed by atoms with van der Waals surface area (Å²) in [5.74, 6) is -0.243. The fourth-order valence-corrected chi connectivity index (χ4v) is 2.35. The molecule has 1 aliphatic heterocycles. The predicted octanol–water partition coefficient (Wildman–Crippen LogP) is 2.73. The van der Waals surface area contributed by atoms with Gasteiger partial charge >= 0.3 is 0 Å². The fourth-order valence-electron chi connectivity index (χ4n) is 2.35. The summed E-state index contributed by atoms with van der Waals surface area (Å²) in [5, 5.41) is 0. The van der Waals surface area contributed by atoms with E-state index in [1.54, 1.807) is 19.0 Å². The van der Waals surface area contributed by atoms with E-state index in [0.717, 1.165) is 23.1 Å². The molecule has 4 heteroatoms. The van der Waals surface area contributed by atoms with Crippen molar-refractivity contribution in [1.82, 2.24) is 9.80 Å². The quantitative estimate of drug-likeness (QED) is 0.783. The highest BCUT2D eigenvalue weighted by molar-refractivity contribution is 6.01. The first-order valence-electron chi connectivity index (χ1n) is 6.99. The lowest BCUT2D eigenvalue weighted by atomic mass is 9.92. The minimum Gasteiger partial charge on any atom is -0.345 e. The summed E-state index contributed by atoms with van der Waals surface area (Å²) < 4.78 is 0. The van der Waals surface area contributed by atoms with Crippen molar-refractivity contribution >= 4 is 23.1 Å². The van der Waals surface area contributed by atoms with Gasteiger partial charge in [-0.2, -0.15) is 0 Å². The average Bonchev–Trinajstić information content (AvgIpc) is 2.46. The van der Waals surface area contributed by atoms with Crippen molar-refractivity contribution in [3.63, 3.8) is 0 Å². The molecule has 0 aliphatic carbocycles. The highest BCUT2D eigenvalue weighted by Gasteiger charge is 2.24. The largest absolute Gasteiger partial charge is 0.345 e. The molecule has 0 unspecified atom stereocenters. The van der Waals surface area contributed by atoms with Crippen molar-refractivity contribution in [2.75, 3.05) is 14.1 Å². The maximum atomic E-state index is 12.0. The Morgan fingerprint density at radius 1 is 1.19 bits per heavy atom. The number of carbonyl (C=O) groups is 2. The van der Waals surface area contributed by atoms with Crippen molar-refractivity contribution < 1.29 is 9.59 Å². The van der Waals surface area contributed by atoms with Crippen molar-refractivity contribution in [1.29, 1.82) is 0 Å². The van der Waals surface area contributed by atoms with E-state index < -0.39 is 0 Å². The molecule has 0 saturated heterocycles. The Balaban J connectivity index is 2.63. The van der Waals surface area contributed by atoms with Crippen LogP contribution in [0.5, 0.6) is 0 Å². The molecular weight excluding hydrogens is 264 g/mol. The van der Waals surface area contributed by atoms with Gasteiger partial charge in [0.15, 0.2) is 0 Å². The van der Waals surface area contributed by atoms with Crippen LogP contribution in [-0.2, 0) is 9.59 Å². The molecule has 0 fully saturated rings. The summed E-state index contributed by atoms with van der Waals surface area (Å²) in [6.45, 7) is 3.56. The third-order valence-corrected chi connectivity index (χ3v) is 3.51. The van der Waals surface area contributed by atoms with Gasteiger partial charge < -0.3 is 4.90 Å². The molecule has 0 bridgehead atoms. The number of rotatable bonds is 2. The zero-order valence-electron chi connectivity index (χ0n) is 12.9. The number of fused-ring (bicyclic) bond motifs is 1. The normalized spacial score (nSPS) is 15.5. The lowest BCUT2D eigenvalue weighted by Gasteiger charge is -2.29. The first kappa shape index (κ1) is 15.0. The van der Waals surface area contributed by atoms with E-state index in [2.05, 4.69) is 6.92 Å². The Morgan fingerprint density at radius 3 is 2.33 bits per heavy atom. The van der Waals surface area contributed by atoms with Crippen LogP contribution in [0.2, 0.25) is 0 Å². The van der Waals surface area contributed by atoms with Crippen LogP contribution >= 0.6 is 0 Å². The van der Waals surface area contributed by atoms with Crippen LogP contribution in [0.1, 0.15) is 31.4 Å². The second-order valence-electron chi connectivity index (χ2n) is 5.20. The molecule has 0 atom stereocenters. The minimum absolute atomic E-state index is 0.103. The Morgan fingerprint density at radius 2 is 1.81 bits per heavy atom. The van der Waals surface area contributed by atoms with Crippen molar-refractivity contribution in [3.8, 4) is 0 Å². The van der Waals surface area contributed by atoms with E-state index in [9.17, 15) is 9.59 Å². The SMILES string of the molecule is CCC1=CN(C(C)=O)/C(=C\C(=O)N(C)C)c2ccccc21. The molecule has 1 aromatic carbocycles. The summed E-state index contributed by atoms with van der Waals surface area (Å²) in [5.41, 5.74) is 3.72. The van der Waals surface area contributed by atoms with Gasteiger partial charge in [0.25, 0.3) is 0 Å². The molecule has 0 spiro atoms. The Labute approximate surface area is 125 Å². The minimum atomic E-state index is -0.139. The molecule has 4 nitrogen and oxygen atoms in total. The number of amides is 2. The van der Waals surface area contributed by atoms with Gasteiger partial charge in [0.1, 0.15) is 0 Å². The van der Waals surface area contributed by atoms with Crippen LogP contribution in [0, 0.1) is 0 Å². The summed E-state index contributed by atoms with van der Waals surface area (Å²) in [7, 11) is 3.39. The number of nitrogens with zero attached hydrogens (tertiary/aromatic N) is 2. The Kier molecular flexibility index (Phi) is 4.26. The van der Waals surface area contributed by atoms with E-state index in [4.69, 9.17) is 0 Å². The summed E-state index contributed by atoms with van der Waals surface area (Å²) in [6.07, 6.45) is 4.18. The van der Waals surface area contributed by atoms with Crippen LogP contribution in [0.4, 0.5) is 0 Å². The monoisotopic (exact) mass is 284 g/mol. The molecule has 0 saturated carbocycles. The second kappa shape index (κ2) is 5.95. The molecule has 2 rings (SSSR count).